The second-order valence-electron chi connectivity index (χ2n) is 10.5. The normalized spacial score (nSPS) is 16.0. The van der Waals surface area contributed by atoms with Gasteiger partial charge in [-0.15, -0.1) is 5.53 Å². The number of alkyl halides is 3. The Bertz CT molecular complexity index is 1490. The number of ether oxygens (including phenoxy) is 1. The van der Waals surface area contributed by atoms with Crippen LogP contribution >= 0.6 is 0 Å². The van der Waals surface area contributed by atoms with Gasteiger partial charge in [0.25, 0.3) is 5.91 Å². The zero-order valence-electron chi connectivity index (χ0n) is 23.8. The molecule has 2 aliphatic heterocycles. The van der Waals surface area contributed by atoms with Crippen LogP contribution in [0.1, 0.15) is 51.1 Å². The lowest BCUT2D eigenvalue weighted by molar-refractivity contribution is -0.138. The highest BCUT2D eigenvalue weighted by molar-refractivity contribution is 6.05. The van der Waals surface area contributed by atoms with E-state index in [9.17, 15) is 18.0 Å². The van der Waals surface area contributed by atoms with Gasteiger partial charge in [-0.3, -0.25) is 24.4 Å². The molecule has 1 amide bonds. The molecule has 12 heteroatoms. The van der Waals surface area contributed by atoms with Crippen LogP contribution in [0, 0.1) is 13.8 Å². The number of anilines is 2. The van der Waals surface area contributed by atoms with Crippen molar-refractivity contribution in [3.63, 3.8) is 0 Å². The van der Waals surface area contributed by atoms with Gasteiger partial charge in [0.05, 0.1) is 30.3 Å². The highest BCUT2D eigenvalue weighted by atomic mass is 19.4. The number of aromatic nitrogens is 2. The van der Waals surface area contributed by atoms with Gasteiger partial charge in [-0.25, -0.2) is 0 Å². The molecule has 0 atom stereocenters. The predicted molar refractivity (Wildman–Crippen MR) is 151 cm³/mol. The van der Waals surface area contributed by atoms with Crippen molar-refractivity contribution in [1.82, 2.24) is 25.2 Å². The molecule has 41 heavy (non-hydrogen) atoms. The first-order valence-corrected chi connectivity index (χ1v) is 13.4. The van der Waals surface area contributed by atoms with Crippen molar-refractivity contribution in [2.75, 3.05) is 37.6 Å². The van der Waals surface area contributed by atoms with Crippen LogP contribution in [0.25, 0.3) is 5.70 Å². The van der Waals surface area contributed by atoms with Crippen molar-refractivity contribution >= 4 is 23.0 Å². The molecule has 0 unspecified atom stereocenters. The van der Waals surface area contributed by atoms with E-state index in [1.165, 1.54) is 7.11 Å². The first kappa shape index (κ1) is 28.5. The number of methoxy groups -OCH3 is 1. The predicted octanol–water partition coefficient (Wildman–Crippen LogP) is 5.08. The Morgan fingerprint density at radius 1 is 1.12 bits per heavy atom. The van der Waals surface area contributed by atoms with Crippen LogP contribution in [0.2, 0.25) is 0 Å². The monoisotopic (exact) mass is 569 g/mol. The SMILES string of the molecule is COc1c(CN2CCCC2)cc(NC(=O)c2ccc(C)c(N3C=C(c4cnn(C)c4C)N(C)N3)c2)cc1C(F)(F)F. The molecule has 0 saturated carbocycles. The number of nitrogens with zero attached hydrogens (tertiary/aromatic N) is 5. The Balaban J connectivity index is 1.43. The molecular weight excluding hydrogens is 535 g/mol. The van der Waals surface area contributed by atoms with E-state index < -0.39 is 17.6 Å². The average Bonchev–Trinajstić information content (AvgIpc) is 3.65. The molecule has 1 saturated heterocycles. The smallest absolute Gasteiger partial charge is 0.420 e. The lowest BCUT2D eigenvalue weighted by Crippen LogP contribution is -2.38. The molecule has 2 aliphatic rings. The van der Waals surface area contributed by atoms with Crippen LogP contribution in [0.15, 0.2) is 42.7 Å². The standard InChI is InChI=1S/C29H34F3N7O2/c1-18-8-9-20(13-25(18)39-17-26(37(4)35-39)23-15-33-36(3)19(23)2)28(40)34-22-12-21(16-38-10-6-7-11-38)27(41-5)24(14-22)29(30,31)32/h8-9,12-15,17,35H,6-7,10-11,16H2,1-5H3,(H,34,40). The van der Waals surface area contributed by atoms with Gasteiger partial charge in [-0.2, -0.15) is 18.3 Å². The molecule has 1 fully saturated rings. The summed E-state index contributed by atoms with van der Waals surface area (Å²) >= 11 is 0. The van der Waals surface area contributed by atoms with Crippen molar-refractivity contribution in [2.45, 2.75) is 39.4 Å². The fourth-order valence-corrected chi connectivity index (χ4v) is 5.30. The molecule has 0 spiro atoms. The molecule has 3 aromatic rings. The summed E-state index contributed by atoms with van der Waals surface area (Å²) in [6.07, 6.45) is 1.06. The third-order valence-electron chi connectivity index (χ3n) is 7.64. The van der Waals surface area contributed by atoms with Crippen LogP contribution in [0.4, 0.5) is 24.5 Å². The molecule has 2 N–H and O–H groups in total. The molecule has 3 heterocycles. The summed E-state index contributed by atoms with van der Waals surface area (Å²) in [5.41, 5.74) is 7.57. The quantitative estimate of drug-likeness (QED) is 0.411. The molecular formula is C29H34F3N7O2. The summed E-state index contributed by atoms with van der Waals surface area (Å²) in [4.78, 5) is 15.4. The molecule has 0 radical (unpaired) electrons. The largest absolute Gasteiger partial charge is 0.496 e. The van der Waals surface area contributed by atoms with Crippen molar-refractivity contribution in [1.29, 1.82) is 0 Å². The van der Waals surface area contributed by atoms with Crippen molar-refractivity contribution < 1.29 is 22.7 Å². The van der Waals surface area contributed by atoms with Gasteiger partial charge in [0, 0.05) is 54.9 Å². The van der Waals surface area contributed by atoms with Crippen molar-refractivity contribution in [2.24, 2.45) is 7.05 Å². The highest BCUT2D eigenvalue weighted by Crippen LogP contribution is 2.41. The lowest BCUT2D eigenvalue weighted by atomic mass is 10.0. The van der Waals surface area contributed by atoms with Crippen LogP contribution in [0.3, 0.4) is 0 Å². The summed E-state index contributed by atoms with van der Waals surface area (Å²) in [5.74, 6) is -0.729. The fourth-order valence-electron chi connectivity index (χ4n) is 5.30. The second kappa shape index (κ2) is 11.1. The fraction of sp³-hybridized carbons (Fsp3) is 0.379. The van der Waals surface area contributed by atoms with Crippen LogP contribution in [-0.2, 0) is 19.8 Å². The van der Waals surface area contributed by atoms with E-state index in [1.807, 2.05) is 39.2 Å². The Labute approximate surface area is 237 Å². The number of benzene rings is 2. The zero-order valence-corrected chi connectivity index (χ0v) is 23.8. The highest BCUT2D eigenvalue weighted by Gasteiger charge is 2.36. The maximum atomic E-state index is 14.0. The van der Waals surface area contributed by atoms with E-state index in [1.54, 1.807) is 40.2 Å². The number of amides is 1. The molecule has 9 nitrogen and oxygen atoms in total. The van der Waals surface area contributed by atoms with Crippen LogP contribution in [-0.4, -0.2) is 52.8 Å². The summed E-state index contributed by atoms with van der Waals surface area (Å²) in [6, 6.07) is 7.67. The van der Waals surface area contributed by atoms with Gasteiger partial charge in [-0.1, -0.05) is 6.07 Å². The maximum Gasteiger partial charge on any atom is 0.420 e. The molecule has 0 aliphatic carbocycles. The number of aryl methyl sites for hydroxylation is 2. The number of likely N-dealkylation sites (tertiary alicyclic amines) is 1. The first-order valence-electron chi connectivity index (χ1n) is 13.4. The number of halogens is 3. The Morgan fingerprint density at radius 3 is 2.49 bits per heavy atom. The van der Waals surface area contributed by atoms with E-state index in [-0.39, 0.29) is 11.4 Å². The van der Waals surface area contributed by atoms with Gasteiger partial charge >= 0.3 is 6.18 Å². The van der Waals surface area contributed by atoms with E-state index in [2.05, 4.69) is 20.9 Å². The zero-order chi connectivity index (χ0) is 29.5. The number of hydrazine groups is 2. The van der Waals surface area contributed by atoms with Crippen molar-refractivity contribution in [3.05, 3.63) is 76.2 Å². The third kappa shape index (κ3) is 5.75. The van der Waals surface area contributed by atoms with Crippen molar-refractivity contribution in [3.8, 4) is 5.75 Å². The Hall–Kier alpha value is -4.03. The van der Waals surface area contributed by atoms with E-state index in [0.717, 1.165) is 60.2 Å². The summed E-state index contributed by atoms with van der Waals surface area (Å²) in [6.45, 7) is 5.83. The van der Waals surface area contributed by atoms with Gasteiger partial charge in [-0.05, 0) is 69.6 Å². The summed E-state index contributed by atoms with van der Waals surface area (Å²) in [7, 11) is 5.00. The number of hydrogen-bond donors (Lipinski definition) is 2. The molecule has 5 rings (SSSR count). The molecule has 218 valence electrons. The second-order valence-corrected chi connectivity index (χ2v) is 10.5. The molecule has 2 aromatic carbocycles. The van der Waals surface area contributed by atoms with Gasteiger partial charge in [0.15, 0.2) is 0 Å². The van der Waals surface area contributed by atoms with E-state index >= 15 is 0 Å². The minimum atomic E-state index is -4.65. The number of hydrogen-bond acceptors (Lipinski definition) is 7. The van der Waals surface area contributed by atoms with Gasteiger partial charge in [0.1, 0.15) is 5.75 Å². The average molecular weight is 570 g/mol. The number of carbonyl (C=O) groups excluding carboxylic acids is 1. The minimum Gasteiger partial charge on any atom is -0.496 e. The van der Waals surface area contributed by atoms with Gasteiger partial charge in [0.2, 0.25) is 0 Å². The number of nitrogens with one attached hydrogen (secondary N) is 2. The van der Waals surface area contributed by atoms with E-state index in [4.69, 9.17) is 4.74 Å². The van der Waals surface area contributed by atoms with Crippen LogP contribution in [0.5, 0.6) is 5.75 Å². The van der Waals surface area contributed by atoms with Gasteiger partial charge < -0.3 is 10.1 Å². The Kier molecular flexibility index (Phi) is 7.71. The topological polar surface area (TPSA) is 77.9 Å². The summed E-state index contributed by atoms with van der Waals surface area (Å²) < 4.78 is 49.1. The third-order valence-corrected chi connectivity index (χ3v) is 7.64. The lowest BCUT2D eigenvalue weighted by Gasteiger charge is -2.23. The summed E-state index contributed by atoms with van der Waals surface area (Å²) in [5, 5.41) is 10.7. The van der Waals surface area contributed by atoms with E-state index in [0.29, 0.717) is 17.7 Å². The molecule has 1 aromatic heterocycles. The number of carbonyl (C=O) groups is 1. The first-order chi connectivity index (χ1) is 19.5. The minimum absolute atomic E-state index is 0.0627. The number of rotatable bonds is 7. The Morgan fingerprint density at radius 2 is 1.85 bits per heavy atom. The van der Waals surface area contributed by atoms with Crippen LogP contribution < -0.4 is 20.6 Å². The molecule has 0 bridgehead atoms. The maximum absolute atomic E-state index is 14.0.